The van der Waals surface area contributed by atoms with Crippen LogP contribution in [0.15, 0.2) is 60.7 Å². The highest BCUT2D eigenvalue weighted by Crippen LogP contribution is 2.19. The molecule has 2 atom stereocenters. The van der Waals surface area contributed by atoms with Gasteiger partial charge in [0.15, 0.2) is 0 Å². The molecule has 1 heterocycles. The van der Waals surface area contributed by atoms with Crippen LogP contribution in [-0.2, 0) is 22.4 Å². The molecule has 1 aliphatic heterocycles. The molecule has 32 heavy (non-hydrogen) atoms. The second kappa shape index (κ2) is 13.0. The molecule has 2 unspecified atom stereocenters. The second-order valence-electron chi connectivity index (χ2n) is 8.44. The van der Waals surface area contributed by atoms with Crippen molar-refractivity contribution in [2.45, 2.75) is 44.2 Å². The summed E-state index contributed by atoms with van der Waals surface area (Å²) in [5, 5.41) is 9.35. The van der Waals surface area contributed by atoms with Crippen LogP contribution in [0.25, 0.3) is 0 Å². The van der Waals surface area contributed by atoms with Gasteiger partial charge in [-0.15, -0.1) is 0 Å². The van der Waals surface area contributed by atoms with E-state index in [4.69, 9.17) is 0 Å². The summed E-state index contributed by atoms with van der Waals surface area (Å²) in [5.74, 6) is -0.103. The van der Waals surface area contributed by atoms with Crippen LogP contribution in [-0.4, -0.2) is 62.0 Å². The fourth-order valence-electron chi connectivity index (χ4n) is 4.30. The predicted molar refractivity (Wildman–Crippen MR) is 128 cm³/mol. The third-order valence-corrected chi connectivity index (χ3v) is 6.01. The normalized spacial score (nSPS) is 16.7. The lowest BCUT2D eigenvalue weighted by atomic mass is 10.0. The lowest BCUT2D eigenvalue weighted by Crippen LogP contribution is -2.53. The van der Waals surface area contributed by atoms with Gasteiger partial charge in [0.2, 0.25) is 11.8 Å². The van der Waals surface area contributed by atoms with Crippen LogP contribution in [0.2, 0.25) is 0 Å². The molecule has 1 saturated heterocycles. The maximum atomic E-state index is 13.4. The molecule has 0 spiro atoms. The van der Waals surface area contributed by atoms with E-state index in [0.29, 0.717) is 6.42 Å². The SMILES string of the molecule is CNCC(=O)NC(CCc1ccccc1)C(=O)N1CCCC1CNCCc1ccccc1. The van der Waals surface area contributed by atoms with Gasteiger partial charge in [-0.25, -0.2) is 0 Å². The van der Waals surface area contributed by atoms with Crippen LogP contribution >= 0.6 is 0 Å². The fourth-order valence-corrected chi connectivity index (χ4v) is 4.30. The van der Waals surface area contributed by atoms with Gasteiger partial charge in [0.05, 0.1) is 6.54 Å². The van der Waals surface area contributed by atoms with Gasteiger partial charge >= 0.3 is 0 Å². The quantitative estimate of drug-likeness (QED) is 0.446. The minimum atomic E-state index is -0.499. The number of carbonyl (C=O) groups excluding carboxylic acids is 2. The molecular formula is C26H36N4O2. The number of likely N-dealkylation sites (N-methyl/N-ethyl adjacent to an activating group) is 1. The topological polar surface area (TPSA) is 73.5 Å². The van der Waals surface area contributed by atoms with Crippen molar-refractivity contribution in [1.29, 1.82) is 0 Å². The summed E-state index contributed by atoms with van der Waals surface area (Å²) in [7, 11) is 1.73. The van der Waals surface area contributed by atoms with Crippen molar-refractivity contribution in [3.05, 3.63) is 71.8 Å². The molecule has 1 fully saturated rings. The van der Waals surface area contributed by atoms with Crippen LogP contribution in [0.3, 0.4) is 0 Å². The van der Waals surface area contributed by atoms with E-state index in [1.807, 2.05) is 29.2 Å². The molecule has 172 valence electrons. The highest BCUT2D eigenvalue weighted by Gasteiger charge is 2.33. The summed E-state index contributed by atoms with van der Waals surface area (Å²) >= 11 is 0. The van der Waals surface area contributed by atoms with Crippen molar-refractivity contribution in [1.82, 2.24) is 20.9 Å². The van der Waals surface area contributed by atoms with E-state index in [-0.39, 0.29) is 24.4 Å². The summed E-state index contributed by atoms with van der Waals surface area (Å²) in [6.45, 7) is 2.64. The Kier molecular flexibility index (Phi) is 9.72. The van der Waals surface area contributed by atoms with Crippen LogP contribution in [0.1, 0.15) is 30.4 Å². The Morgan fingerprint density at radius 1 is 1.00 bits per heavy atom. The molecule has 2 aromatic rings. The first-order chi connectivity index (χ1) is 15.7. The van der Waals surface area contributed by atoms with Gasteiger partial charge in [-0.3, -0.25) is 9.59 Å². The number of carbonyl (C=O) groups is 2. The molecule has 0 radical (unpaired) electrons. The fraction of sp³-hybridized carbons (Fsp3) is 0.462. The molecule has 3 N–H and O–H groups in total. The van der Waals surface area contributed by atoms with Gasteiger partial charge in [0, 0.05) is 19.1 Å². The number of likely N-dealkylation sites (tertiary alicyclic amines) is 1. The average molecular weight is 437 g/mol. The van der Waals surface area contributed by atoms with E-state index in [1.165, 1.54) is 11.1 Å². The average Bonchev–Trinajstić information content (AvgIpc) is 3.29. The molecule has 0 aromatic heterocycles. The summed E-state index contributed by atoms with van der Waals surface area (Å²) in [4.78, 5) is 27.7. The number of nitrogens with one attached hydrogen (secondary N) is 3. The lowest BCUT2D eigenvalue weighted by Gasteiger charge is -2.30. The number of hydrogen-bond donors (Lipinski definition) is 3. The number of rotatable bonds is 12. The highest BCUT2D eigenvalue weighted by atomic mass is 16.2. The van der Waals surface area contributed by atoms with Gasteiger partial charge in [-0.2, -0.15) is 0 Å². The minimum absolute atomic E-state index is 0.0396. The third kappa shape index (κ3) is 7.46. The molecule has 0 bridgehead atoms. The Morgan fingerprint density at radius 2 is 1.66 bits per heavy atom. The van der Waals surface area contributed by atoms with Crippen molar-refractivity contribution in [3.63, 3.8) is 0 Å². The van der Waals surface area contributed by atoms with Crippen molar-refractivity contribution in [2.24, 2.45) is 0 Å². The second-order valence-corrected chi connectivity index (χ2v) is 8.44. The Morgan fingerprint density at radius 3 is 2.31 bits per heavy atom. The standard InChI is InChI=1S/C26H36N4O2/c1-27-20-25(31)29-24(15-14-21-9-4-2-5-10-21)26(32)30-18-8-13-23(30)19-28-17-16-22-11-6-3-7-12-22/h2-7,9-12,23-24,27-28H,8,13-20H2,1H3,(H,29,31). The Bertz CT molecular complexity index is 828. The molecule has 1 aliphatic rings. The number of amides is 2. The number of nitrogens with zero attached hydrogens (tertiary/aromatic N) is 1. The largest absolute Gasteiger partial charge is 0.343 e. The molecular weight excluding hydrogens is 400 g/mol. The van der Waals surface area contributed by atoms with E-state index in [1.54, 1.807) is 7.05 Å². The van der Waals surface area contributed by atoms with Crippen LogP contribution in [0.4, 0.5) is 0 Å². The summed E-state index contributed by atoms with van der Waals surface area (Å²) < 4.78 is 0. The maximum absolute atomic E-state index is 13.4. The molecule has 6 nitrogen and oxygen atoms in total. The highest BCUT2D eigenvalue weighted by molar-refractivity contribution is 5.88. The first kappa shape index (κ1) is 24.0. The monoisotopic (exact) mass is 436 g/mol. The lowest BCUT2D eigenvalue weighted by molar-refractivity contribution is -0.137. The van der Waals surface area contributed by atoms with E-state index in [2.05, 4.69) is 52.3 Å². The van der Waals surface area contributed by atoms with Gasteiger partial charge < -0.3 is 20.9 Å². The number of aryl methyl sites for hydroxylation is 1. The maximum Gasteiger partial charge on any atom is 0.245 e. The molecule has 0 saturated carbocycles. The third-order valence-electron chi connectivity index (χ3n) is 6.01. The zero-order valence-electron chi connectivity index (χ0n) is 19.1. The van der Waals surface area contributed by atoms with Gasteiger partial charge in [0.25, 0.3) is 0 Å². The zero-order chi connectivity index (χ0) is 22.6. The molecule has 2 aromatic carbocycles. The van der Waals surface area contributed by atoms with Crippen LogP contribution in [0, 0.1) is 0 Å². The molecule has 3 rings (SSSR count). The number of hydrogen-bond acceptors (Lipinski definition) is 4. The Labute approximate surface area is 191 Å². The van der Waals surface area contributed by atoms with Crippen LogP contribution in [0.5, 0.6) is 0 Å². The van der Waals surface area contributed by atoms with E-state index in [0.717, 1.165) is 45.3 Å². The van der Waals surface area contributed by atoms with Crippen molar-refractivity contribution in [3.8, 4) is 0 Å². The first-order valence-corrected chi connectivity index (χ1v) is 11.7. The summed E-state index contributed by atoms with van der Waals surface area (Å²) in [6, 6.07) is 20.2. The van der Waals surface area contributed by atoms with Crippen molar-refractivity contribution < 1.29 is 9.59 Å². The Hall–Kier alpha value is -2.70. The zero-order valence-corrected chi connectivity index (χ0v) is 19.1. The van der Waals surface area contributed by atoms with Gasteiger partial charge in [0.1, 0.15) is 6.04 Å². The molecule has 6 heteroatoms. The first-order valence-electron chi connectivity index (χ1n) is 11.7. The summed E-state index contributed by atoms with van der Waals surface area (Å²) in [5.41, 5.74) is 2.49. The minimum Gasteiger partial charge on any atom is -0.343 e. The summed E-state index contributed by atoms with van der Waals surface area (Å²) in [6.07, 6.45) is 4.34. The van der Waals surface area contributed by atoms with Gasteiger partial charge in [-0.05, 0) is 56.8 Å². The van der Waals surface area contributed by atoms with Crippen LogP contribution < -0.4 is 16.0 Å². The van der Waals surface area contributed by atoms with E-state index >= 15 is 0 Å². The van der Waals surface area contributed by atoms with Crippen molar-refractivity contribution >= 4 is 11.8 Å². The molecule has 0 aliphatic carbocycles. The Balaban J connectivity index is 1.55. The predicted octanol–water partition coefficient (Wildman–Crippen LogP) is 2.15. The van der Waals surface area contributed by atoms with Crippen molar-refractivity contribution in [2.75, 3.05) is 33.2 Å². The van der Waals surface area contributed by atoms with E-state index < -0.39 is 6.04 Å². The smallest absolute Gasteiger partial charge is 0.245 e. The van der Waals surface area contributed by atoms with E-state index in [9.17, 15) is 9.59 Å². The van der Waals surface area contributed by atoms with Gasteiger partial charge in [-0.1, -0.05) is 60.7 Å². The molecule has 2 amide bonds. The number of benzene rings is 2.